The predicted molar refractivity (Wildman–Crippen MR) is 80.9 cm³/mol. The third-order valence-corrected chi connectivity index (χ3v) is 5.16. The van der Waals surface area contributed by atoms with Gasteiger partial charge in [-0.25, -0.2) is 0 Å². The third kappa shape index (κ3) is 2.23. The van der Waals surface area contributed by atoms with Crippen LogP contribution in [0, 0.1) is 6.92 Å². The minimum absolute atomic E-state index is 0.00436. The van der Waals surface area contributed by atoms with Gasteiger partial charge in [0.1, 0.15) is 5.75 Å². The zero-order chi connectivity index (χ0) is 12.6. The summed E-state index contributed by atoms with van der Waals surface area (Å²) in [6.45, 7) is 2.06. The summed E-state index contributed by atoms with van der Waals surface area (Å²) in [5.41, 5.74) is 3.20. The van der Waals surface area contributed by atoms with Crippen molar-refractivity contribution in [1.29, 1.82) is 0 Å². The van der Waals surface area contributed by atoms with E-state index in [0.29, 0.717) is 0 Å². The monoisotopic (exact) mass is 287 g/mol. The van der Waals surface area contributed by atoms with E-state index in [1.54, 1.807) is 7.11 Å². The van der Waals surface area contributed by atoms with Gasteiger partial charge in [0.2, 0.25) is 0 Å². The Morgan fingerprint density at radius 1 is 1.47 bits per heavy atom. The van der Waals surface area contributed by atoms with Gasteiger partial charge in [-0.1, -0.05) is 17.9 Å². The Balaban J connectivity index is 2.82. The van der Waals surface area contributed by atoms with Crippen LogP contribution in [0.3, 0.4) is 0 Å². The minimum Gasteiger partial charge on any atom is -0.496 e. The average Bonchev–Trinajstić information content (AvgIpc) is 2.73. The van der Waals surface area contributed by atoms with Gasteiger partial charge in [0.05, 0.1) is 19.2 Å². The number of nitrogens with zero attached hydrogens (tertiary/aromatic N) is 1. The number of hydrogen-bond donors (Lipinski definition) is 1. The number of aliphatic hydroxyl groups is 1. The minimum atomic E-state index is -0.378. The molecular formula is C11H16NO2P3. The zero-order valence-electron chi connectivity index (χ0n) is 9.84. The molecule has 0 saturated carbocycles. The van der Waals surface area contributed by atoms with Crippen LogP contribution >= 0.6 is 25.3 Å². The molecule has 0 aliphatic heterocycles. The van der Waals surface area contributed by atoms with Gasteiger partial charge in [0.25, 0.3) is 0 Å². The van der Waals surface area contributed by atoms with Crippen molar-refractivity contribution in [3.8, 4) is 5.75 Å². The summed E-state index contributed by atoms with van der Waals surface area (Å²) in [5.74, 6) is 0.757. The Kier molecular flexibility index (Phi) is 4.06. The van der Waals surface area contributed by atoms with Crippen LogP contribution in [-0.2, 0) is 6.61 Å². The van der Waals surface area contributed by atoms with E-state index < -0.39 is 0 Å². The van der Waals surface area contributed by atoms with Gasteiger partial charge in [0.15, 0.2) is 0 Å². The second-order valence-corrected chi connectivity index (χ2v) is 9.99. The summed E-state index contributed by atoms with van der Waals surface area (Å²) in [7, 11) is 6.88. The maximum absolute atomic E-state index is 9.49. The van der Waals surface area contributed by atoms with Gasteiger partial charge in [-0.2, -0.15) is 0 Å². The number of ether oxygens (including phenoxy) is 1. The standard InChI is InChI=1S/C11H16NO2P3/c1-7-5-10(14-2)9(6-13)8-3-4-12(11(7)8)17(15)16/h3-5,13H,6,15-16H2,1-2H3. The average molecular weight is 287 g/mol. The lowest BCUT2D eigenvalue weighted by atomic mass is 10.1. The maximum Gasteiger partial charge on any atom is 0.125 e. The highest BCUT2D eigenvalue weighted by Gasteiger charge is 2.14. The van der Waals surface area contributed by atoms with Crippen molar-refractivity contribution in [3.63, 3.8) is 0 Å². The molecule has 1 aromatic heterocycles. The summed E-state index contributed by atoms with van der Waals surface area (Å²) in [5, 5.41) is 10.6. The van der Waals surface area contributed by atoms with Crippen LogP contribution in [-0.4, -0.2) is 16.6 Å². The van der Waals surface area contributed by atoms with Crippen LogP contribution in [0.1, 0.15) is 11.1 Å². The molecule has 0 spiro atoms. The smallest absolute Gasteiger partial charge is 0.125 e. The number of fused-ring (bicyclic) bond motifs is 1. The number of aryl methyl sites for hydroxylation is 1. The van der Waals surface area contributed by atoms with Gasteiger partial charge >= 0.3 is 0 Å². The quantitative estimate of drug-likeness (QED) is 0.879. The molecule has 0 radical (unpaired) electrons. The van der Waals surface area contributed by atoms with Crippen LogP contribution in [0.4, 0.5) is 0 Å². The lowest BCUT2D eigenvalue weighted by Crippen LogP contribution is -1.95. The van der Waals surface area contributed by atoms with E-state index in [4.69, 9.17) is 4.74 Å². The molecule has 0 saturated heterocycles. The molecule has 1 N–H and O–H groups in total. The number of hydrogen-bond acceptors (Lipinski definition) is 2. The van der Waals surface area contributed by atoms with Crippen molar-refractivity contribution in [2.24, 2.45) is 0 Å². The molecule has 0 amide bonds. The molecule has 2 unspecified atom stereocenters. The topological polar surface area (TPSA) is 34.4 Å². The first-order valence-corrected chi connectivity index (χ1v) is 9.71. The molecule has 6 heteroatoms. The summed E-state index contributed by atoms with van der Waals surface area (Å²) in [6.07, 6.45) is 2.06. The molecule has 2 rings (SSSR count). The van der Waals surface area contributed by atoms with Crippen LogP contribution in [0.5, 0.6) is 5.75 Å². The Hall–Kier alpha value is -0.190. The van der Waals surface area contributed by atoms with Crippen molar-refractivity contribution >= 4 is 36.2 Å². The Bertz CT molecular complexity index is 551. The molecule has 17 heavy (non-hydrogen) atoms. The van der Waals surface area contributed by atoms with Crippen molar-refractivity contribution in [2.45, 2.75) is 13.5 Å². The van der Waals surface area contributed by atoms with Crippen molar-refractivity contribution in [1.82, 2.24) is 4.34 Å². The molecule has 92 valence electrons. The Morgan fingerprint density at radius 2 is 2.18 bits per heavy atom. The zero-order valence-corrected chi connectivity index (χ0v) is 13.0. The summed E-state index contributed by atoms with van der Waals surface area (Å²) in [4.78, 5) is 0. The molecule has 1 heterocycles. The fraction of sp³-hybridized carbons (Fsp3) is 0.273. The maximum atomic E-state index is 9.49. The van der Waals surface area contributed by atoms with Gasteiger partial charge in [-0.15, -0.1) is 0 Å². The highest BCUT2D eigenvalue weighted by Crippen LogP contribution is 2.56. The molecular weight excluding hydrogens is 271 g/mol. The SMILES string of the molecule is COc1cc(C)c2c(ccn2P(P)P)c1CO. The second kappa shape index (κ2) is 5.21. The molecule has 3 nitrogen and oxygen atoms in total. The molecule has 0 bridgehead atoms. The fourth-order valence-electron chi connectivity index (χ4n) is 2.08. The van der Waals surface area contributed by atoms with Crippen molar-refractivity contribution in [2.75, 3.05) is 7.11 Å². The van der Waals surface area contributed by atoms with Crippen LogP contribution in [0.2, 0.25) is 0 Å². The van der Waals surface area contributed by atoms with E-state index in [1.165, 1.54) is 5.52 Å². The van der Waals surface area contributed by atoms with E-state index in [0.717, 1.165) is 22.3 Å². The Labute approximate surface area is 107 Å². The number of rotatable bonds is 3. The number of aliphatic hydroxyl groups excluding tert-OH is 1. The van der Waals surface area contributed by atoms with E-state index >= 15 is 0 Å². The first kappa shape index (κ1) is 13.2. The molecule has 1 aromatic carbocycles. The number of aromatic nitrogens is 1. The lowest BCUT2D eigenvalue weighted by molar-refractivity contribution is 0.275. The predicted octanol–water partition coefficient (Wildman–Crippen LogP) is 3.28. The summed E-state index contributed by atoms with van der Waals surface area (Å²) in [6, 6.07) is 4.03. The van der Waals surface area contributed by atoms with Gasteiger partial charge in [0, 0.05) is 24.6 Å². The molecule has 0 aliphatic carbocycles. The van der Waals surface area contributed by atoms with Crippen molar-refractivity contribution < 1.29 is 9.84 Å². The van der Waals surface area contributed by atoms with E-state index in [1.807, 2.05) is 12.1 Å². The summed E-state index contributed by atoms with van der Waals surface area (Å²) >= 11 is 0. The first-order valence-electron chi connectivity index (χ1n) is 5.18. The van der Waals surface area contributed by atoms with E-state index in [9.17, 15) is 5.11 Å². The highest BCUT2D eigenvalue weighted by atomic mass is 32.4. The second-order valence-electron chi connectivity index (χ2n) is 3.83. The molecule has 2 aromatic rings. The summed E-state index contributed by atoms with van der Waals surface area (Å²) < 4.78 is 7.54. The normalized spacial score (nSPS) is 11.4. The number of methoxy groups -OCH3 is 1. The Morgan fingerprint density at radius 3 is 2.71 bits per heavy atom. The van der Waals surface area contributed by atoms with Crippen molar-refractivity contribution in [3.05, 3.63) is 29.5 Å². The molecule has 2 atom stereocenters. The highest BCUT2D eigenvalue weighted by molar-refractivity contribution is 8.42. The number of benzene rings is 1. The van der Waals surface area contributed by atoms with Crippen LogP contribution < -0.4 is 4.74 Å². The molecule has 0 fully saturated rings. The molecule has 0 aliphatic rings. The third-order valence-electron chi connectivity index (χ3n) is 2.84. The van der Waals surface area contributed by atoms with E-state index in [-0.39, 0.29) is 14.1 Å². The lowest BCUT2D eigenvalue weighted by Gasteiger charge is -2.14. The fourth-order valence-corrected chi connectivity index (χ4v) is 3.95. The van der Waals surface area contributed by atoms with Gasteiger partial charge < -0.3 is 14.2 Å². The van der Waals surface area contributed by atoms with Crippen LogP contribution in [0.25, 0.3) is 10.9 Å². The van der Waals surface area contributed by atoms with Gasteiger partial charge in [-0.05, 0) is 24.6 Å². The largest absolute Gasteiger partial charge is 0.496 e. The first-order chi connectivity index (χ1) is 8.10. The van der Waals surface area contributed by atoms with E-state index in [2.05, 4.69) is 35.3 Å². The van der Waals surface area contributed by atoms with Gasteiger partial charge in [-0.3, -0.25) is 0 Å². The van der Waals surface area contributed by atoms with Crippen LogP contribution in [0.15, 0.2) is 18.3 Å².